The van der Waals surface area contributed by atoms with Gasteiger partial charge in [0, 0.05) is 30.2 Å². The first-order valence-corrected chi connectivity index (χ1v) is 7.69. The topological polar surface area (TPSA) is 65.7 Å². The first-order chi connectivity index (χ1) is 11.6. The lowest BCUT2D eigenvalue weighted by Gasteiger charge is -2.29. The van der Waals surface area contributed by atoms with Crippen LogP contribution in [0.3, 0.4) is 0 Å². The minimum absolute atomic E-state index is 0.0664. The number of halogens is 2. The maximum absolute atomic E-state index is 14.2. The lowest BCUT2D eigenvalue weighted by molar-refractivity contribution is 0.122. The molecule has 1 aliphatic rings. The molecule has 7 heteroatoms. The molecule has 0 atom stereocenters. The van der Waals surface area contributed by atoms with Crippen LogP contribution in [0.1, 0.15) is 5.56 Å². The summed E-state index contributed by atoms with van der Waals surface area (Å²) in [5.74, 6) is -0.588. The number of hydrogen-bond donors (Lipinski definition) is 1. The molecule has 0 unspecified atom stereocenters. The summed E-state index contributed by atoms with van der Waals surface area (Å²) in [4.78, 5) is 1.82. The third-order valence-corrected chi connectivity index (χ3v) is 3.90. The second kappa shape index (κ2) is 6.95. The van der Waals surface area contributed by atoms with Crippen molar-refractivity contribution >= 4 is 17.3 Å². The van der Waals surface area contributed by atoms with Crippen LogP contribution >= 0.6 is 11.6 Å². The van der Waals surface area contributed by atoms with Gasteiger partial charge in [-0.25, -0.2) is 4.39 Å². The summed E-state index contributed by atoms with van der Waals surface area (Å²) in [6, 6.07) is 8.95. The van der Waals surface area contributed by atoms with Gasteiger partial charge < -0.3 is 19.5 Å². The van der Waals surface area contributed by atoms with Crippen molar-refractivity contribution in [2.45, 2.75) is 0 Å². The molecule has 24 heavy (non-hydrogen) atoms. The summed E-state index contributed by atoms with van der Waals surface area (Å²) in [5.41, 5.74) is 0.540. The highest BCUT2D eigenvalue weighted by atomic mass is 35.5. The molecular formula is C17H14ClFN2O3. The van der Waals surface area contributed by atoms with Gasteiger partial charge in [-0.05, 0) is 18.2 Å². The van der Waals surface area contributed by atoms with E-state index in [1.165, 1.54) is 18.2 Å². The molecule has 0 saturated carbocycles. The number of phenolic OH excluding ortho intramolecular Hbond substituents is 1. The summed E-state index contributed by atoms with van der Waals surface area (Å²) < 4.78 is 25.1. The second-order valence-corrected chi connectivity index (χ2v) is 5.66. The second-order valence-electron chi connectivity index (χ2n) is 5.23. The van der Waals surface area contributed by atoms with E-state index in [4.69, 9.17) is 26.3 Å². The third kappa shape index (κ3) is 3.37. The lowest BCUT2D eigenvalue weighted by Crippen LogP contribution is -2.36. The molecule has 0 aromatic heterocycles. The predicted molar refractivity (Wildman–Crippen MR) is 87.3 cm³/mol. The number of benzene rings is 2. The molecule has 0 amide bonds. The Morgan fingerprint density at radius 3 is 2.67 bits per heavy atom. The molecular weight excluding hydrogens is 335 g/mol. The van der Waals surface area contributed by atoms with E-state index < -0.39 is 5.82 Å². The fourth-order valence-corrected chi connectivity index (χ4v) is 2.63. The van der Waals surface area contributed by atoms with E-state index in [9.17, 15) is 9.50 Å². The van der Waals surface area contributed by atoms with Gasteiger partial charge in [0.2, 0.25) is 0 Å². The molecule has 2 aromatic carbocycles. The van der Waals surface area contributed by atoms with Crippen LogP contribution in [-0.4, -0.2) is 31.4 Å². The van der Waals surface area contributed by atoms with Crippen LogP contribution in [0.2, 0.25) is 5.02 Å². The number of nitriles is 1. The van der Waals surface area contributed by atoms with Crippen molar-refractivity contribution in [2.24, 2.45) is 0 Å². The molecule has 1 heterocycles. The van der Waals surface area contributed by atoms with Crippen molar-refractivity contribution in [2.75, 3.05) is 31.2 Å². The molecule has 0 radical (unpaired) electrons. The van der Waals surface area contributed by atoms with Crippen molar-refractivity contribution in [3.05, 3.63) is 46.7 Å². The zero-order chi connectivity index (χ0) is 17.1. The predicted octanol–water partition coefficient (Wildman–Crippen LogP) is 3.69. The van der Waals surface area contributed by atoms with Crippen molar-refractivity contribution in [3.63, 3.8) is 0 Å². The molecule has 0 bridgehead atoms. The Morgan fingerprint density at radius 2 is 1.96 bits per heavy atom. The maximum atomic E-state index is 14.2. The van der Waals surface area contributed by atoms with Gasteiger partial charge in [-0.15, -0.1) is 0 Å². The summed E-state index contributed by atoms with van der Waals surface area (Å²) in [5, 5.41) is 19.5. The van der Waals surface area contributed by atoms with E-state index in [-0.39, 0.29) is 22.8 Å². The lowest BCUT2D eigenvalue weighted by atomic mass is 10.2. The van der Waals surface area contributed by atoms with Crippen molar-refractivity contribution in [1.82, 2.24) is 0 Å². The molecule has 0 spiro atoms. The normalized spacial score (nSPS) is 14.3. The van der Waals surface area contributed by atoms with Gasteiger partial charge in [0.15, 0.2) is 11.5 Å². The van der Waals surface area contributed by atoms with Crippen LogP contribution in [0.25, 0.3) is 0 Å². The zero-order valence-electron chi connectivity index (χ0n) is 12.6. The van der Waals surface area contributed by atoms with Crippen molar-refractivity contribution < 1.29 is 19.0 Å². The Hall–Kier alpha value is -2.49. The van der Waals surface area contributed by atoms with E-state index in [0.29, 0.717) is 37.0 Å². The van der Waals surface area contributed by atoms with E-state index in [0.717, 1.165) is 6.07 Å². The highest BCUT2D eigenvalue weighted by Crippen LogP contribution is 2.38. The van der Waals surface area contributed by atoms with E-state index in [1.807, 2.05) is 11.0 Å². The number of anilines is 1. The van der Waals surface area contributed by atoms with Crippen LogP contribution in [0.15, 0.2) is 30.3 Å². The molecule has 1 saturated heterocycles. The summed E-state index contributed by atoms with van der Waals surface area (Å²) in [6.45, 7) is 2.11. The van der Waals surface area contributed by atoms with Gasteiger partial charge in [-0.2, -0.15) is 5.26 Å². The highest BCUT2D eigenvalue weighted by Gasteiger charge is 2.19. The molecule has 2 aromatic rings. The Bertz CT molecular complexity index is 801. The van der Waals surface area contributed by atoms with E-state index >= 15 is 0 Å². The first kappa shape index (κ1) is 16.4. The van der Waals surface area contributed by atoms with Crippen LogP contribution in [0.5, 0.6) is 17.2 Å². The Labute approximate surface area is 143 Å². The molecule has 1 fully saturated rings. The molecule has 3 rings (SSSR count). The monoisotopic (exact) mass is 348 g/mol. The molecule has 1 N–H and O–H groups in total. The number of hydrogen-bond acceptors (Lipinski definition) is 5. The minimum atomic E-state index is -0.543. The summed E-state index contributed by atoms with van der Waals surface area (Å²) in [6.07, 6.45) is 0. The number of ether oxygens (including phenoxy) is 2. The fraction of sp³-hybridized carbons (Fsp3) is 0.235. The molecule has 5 nitrogen and oxygen atoms in total. The number of nitrogens with zero attached hydrogens (tertiary/aromatic N) is 2. The average Bonchev–Trinajstić information content (AvgIpc) is 2.59. The average molecular weight is 349 g/mol. The largest absolute Gasteiger partial charge is 0.504 e. The van der Waals surface area contributed by atoms with E-state index in [2.05, 4.69) is 0 Å². The van der Waals surface area contributed by atoms with Gasteiger partial charge >= 0.3 is 0 Å². The van der Waals surface area contributed by atoms with Crippen LogP contribution in [0.4, 0.5) is 10.1 Å². The molecule has 1 aliphatic heterocycles. The van der Waals surface area contributed by atoms with Crippen molar-refractivity contribution in [3.8, 4) is 23.3 Å². The number of rotatable bonds is 3. The Morgan fingerprint density at radius 1 is 1.21 bits per heavy atom. The van der Waals surface area contributed by atoms with Crippen LogP contribution in [0, 0.1) is 17.1 Å². The smallest absolute Gasteiger partial charge is 0.171 e. The Kier molecular flexibility index (Phi) is 4.74. The quantitative estimate of drug-likeness (QED) is 0.916. The summed E-state index contributed by atoms with van der Waals surface area (Å²) >= 11 is 5.85. The fourth-order valence-electron chi connectivity index (χ4n) is 2.46. The standard InChI is InChI=1S/C17H14ClFN2O3/c18-12-1-2-16(11(7-12)10-20)24-17-9-14(13(19)8-15(17)22)21-3-5-23-6-4-21/h1-2,7-9,22H,3-6H2. The van der Waals surface area contributed by atoms with E-state index in [1.54, 1.807) is 6.07 Å². The SMILES string of the molecule is N#Cc1cc(Cl)ccc1Oc1cc(N2CCOCC2)c(F)cc1O. The Balaban J connectivity index is 1.95. The van der Waals surface area contributed by atoms with Crippen LogP contribution in [-0.2, 0) is 4.74 Å². The highest BCUT2D eigenvalue weighted by molar-refractivity contribution is 6.30. The maximum Gasteiger partial charge on any atom is 0.171 e. The first-order valence-electron chi connectivity index (χ1n) is 7.31. The number of aromatic hydroxyl groups is 1. The zero-order valence-corrected chi connectivity index (χ0v) is 13.4. The molecule has 124 valence electrons. The van der Waals surface area contributed by atoms with Gasteiger partial charge in [0.1, 0.15) is 17.6 Å². The van der Waals surface area contributed by atoms with Gasteiger partial charge in [-0.1, -0.05) is 11.6 Å². The third-order valence-electron chi connectivity index (χ3n) is 3.66. The van der Waals surface area contributed by atoms with Gasteiger partial charge in [0.05, 0.1) is 24.5 Å². The van der Waals surface area contributed by atoms with Gasteiger partial charge in [0.25, 0.3) is 0 Å². The minimum Gasteiger partial charge on any atom is -0.504 e. The molecule has 0 aliphatic carbocycles. The van der Waals surface area contributed by atoms with Crippen LogP contribution < -0.4 is 9.64 Å². The van der Waals surface area contributed by atoms with Gasteiger partial charge in [-0.3, -0.25) is 0 Å². The van der Waals surface area contributed by atoms with Crippen molar-refractivity contribution in [1.29, 1.82) is 5.26 Å². The number of phenols is 1. The summed E-state index contributed by atoms with van der Waals surface area (Å²) in [7, 11) is 0. The number of morpholine rings is 1.